The van der Waals surface area contributed by atoms with Gasteiger partial charge in [0.1, 0.15) is 5.82 Å². The lowest BCUT2D eigenvalue weighted by Gasteiger charge is -2.08. The van der Waals surface area contributed by atoms with E-state index < -0.39 is 0 Å². The van der Waals surface area contributed by atoms with E-state index in [1.54, 1.807) is 18.7 Å². The normalized spacial score (nSPS) is 14.8. The molecule has 0 saturated heterocycles. The molecule has 2 aromatic heterocycles. The third-order valence-electron chi connectivity index (χ3n) is 4.18. The van der Waals surface area contributed by atoms with Crippen LogP contribution in [0.25, 0.3) is 18.1 Å². The van der Waals surface area contributed by atoms with Gasteiger partial charge in [-0.15, -0.1) is 0 Å². The first-order chi connectivity index (χ1) is 11.7. The molecule has 0 saturated carbocycles. The standard InChI is InChI=1S/C18H18N6/c1-11-8-13(24-7-6-20-10-24)9-15-17(11)23-18(22-15)16-12(2)21-5-4-14(16)19-3/h4-10,19,22-23H,2H2,1,3H3. The summed E-state index contributed by atoms with van der Waals surface area (Å²) in [5.74, 6) is 0.887. The highest BCUT2D eigenvalue weighted by Gasteiger charge is 2.19. The van der Waals surface area contributed by atoms with Crippen molar-refractivity contribution in [1.29, 1.82) is 0 Å². The Balaban J connectivity index is 1.88. The largest absolute Gasteiger partial charge is 0.387 e. The molecule has 1 aromatic carbocycles. The van der Waals surface area contributed by atoms with Crippen LogP contribution in [0, 0.1) is 6.92 Å². The van der Waals surface area contributed by atoms with E-state index in [2.05, 4.69) is 51.6 Å². The molecule has 4 rings (SSSR count). The molecular weight excluding hydrogens is 300 g/mol. The van der Waals surface area contributed by atoms with Crippen LogP contribution in [0.5, 0.6) is 0 Å². The van der Waals surface area contributed by atoms with Gasteiger partial charge >= 0.3 is 0 Å². The number of aromatic nitrogens is 3. The lowest BCUT2D eigenvalue weighted by atomic mass is 10.1. The second kappa shape index (κ2) is 5.42. The van der Waals surface area contributed by atoms with Crippen LogP contribution in [0.2, 0.25) is 0 Å². The Labute approximate surface area is 139 Å². The minimum absolute atomic E-state index is 0.720. The van der Waals surface area contributed by atoms with Crippen LogP contribution >= 0.6 is 0 Å². The predicted molar refractivity (Wildman–Crippen MR) is 97.5 cm³/mol. The molecule has 0 unspecified atom stereocenters. The fraction of sp³-hybridized carbons (Fsp3) is 0.111. The summed E-state index contributed by atoms with van der Waals surface area (Å²) in [6.45, 7) is 6.14. The Kier molecular flexibility index (Phi) is 3.23. The number of nitrogens with zero attached hydrogens (tertiary/aromatic N) is 3. The molecule has 0 amide bonds. The third kappa shape index (κ3) is 2.20. The van der Waals surface area contributed by atoms with Crippen LogP contribution in [-0.4, -0.2) is 21.6 Å². The maximum atomic E-state index is 4.31. The summed E-state index contributed by atoms with van der Waals surface area (Å²) in [4.78, 5) is 8.43. The van der Waals surface area contributed by atoms with Crippen molar-refractivity contribution < 1.29 is 0 Å². The first-order valence-corrected chi connectivity index (χ1v) is 7.70. The topological polar surface area (TPSA) is 66.8 Å². The Bertz CT molecular complexity index is 1020. The summed E-state index contributed by atoms with van der Waals surface area (Å²) in [5.41, 5.74) is 5.29. The second-order valence-corrected chi connectivity index (χ2v) is 5.71. The summed E-state index contributed by atoms with van der Waals surface area (Å²) in [7, 11) is 1.89. The number of rotatable bonds is 2. The SMILES string of the molecule is C=c1nccc(NC)c1=C1Nc2cc(-n3ccnc3)cc(C)c2N1. The molecule has 0 atom stereocenters. The lowest BCUT2D eigenvalue weighted by Crippen LogP contribution is -2.34. The van der Waals surface area contributed by atoms with Crippen molar-refractivity contribution in [3.63, 3.8) is 0 Å². The molecule has 3 N–H and O–H groups in total. The van der Waals surface area contributed by atoms with Crippen molar-refractivity contribution in [2.75, 3.05) is 23.0 Å². The summed E-state index contributed by atoms with van der Waals surface area (Å²) in [6.07, 6.45) is 7.25. The molecule has 0 bridgehead atoms. The van der Waals surface area contributed by atoms with Crippen molar-refractivity contribution in [2.24, 2.45) is 0 Å². The molecule has 24 heavy (non-hydrogen) atoms. The number of imidazole rings is 1. The van der Waals surface area contributed by atoms with E-state index >= 15 is 0 Å². The number of hydrogen-bond donors (Lipinski definition) is 3. The molecule has 0 spiro atoms. The minimum atomic E-state index is 0.720. The van der Waals surface area contributed by atoms with E-state index in [0.717, 1.165) is 44.7 Å². The van der Waals surface area contributed by atoms with Crippen molar-refractivity contribution in [3.8, 4) is 5.69 Å². The number of aryl methyl sites for hydroxylation is 1. The third-order valence-corrected chi connectivity index (χ3v) is 4.18. The first-order valence-electron chi connectivity index (χ1n) is 7.70. The van der Waals surface area contributed by atoms with Crippen LogP contribution in [0.3, 0.4) is 0 Å². The molecule has 3 heterocycles. The maximum Gasteiger partial charge on any atom is 0.119 e. The minimum Gasteiger partial charge on any atom is -0.387 e. The van der Waals surface area contributed by atoms with E-state index in [4.69, 9.17) is 0 Å². The Morgan fingerprint density at radius 2 is 2.08 bits per heavy atom. The van der Waals surface area contributed by atoms with E-state index in [1.165, 1.54) is 0 Å². The summed E-state index contributed by atoms with van der Waals surface area (Å²) in [6, 6.07) is 6.17. The molecule has 0 fully saturated rings. The van der Waals surface area contributed by atoms with Crippen molar-refractivity contribution in [1.82, 2.24) is 14.5 Å². The van der Waals surface area contributed by atoms with E-state index in [1.807, 2.05) is 23.9 Å². The van der Waals surface area contributed by atoms with Crippen LogP contribution in [-0.2, 0) is 0 Å². The highest BCUT2D eigenvalue weighted by Crippen LogP contribution is 2.36. The predicted octanol–water partition coefficient (Wildman–Crippen LogP) is 1.63. The van der Waals surface area contributed by atoms with Gasteiger partial charge in [0, 0.05) is 37.0 Å². The maximum absolute atomic E-state index is 4.31. The van der Waals surface area contributed by atoms with Gasteiger partial charge in [0.25, 0.3) is 0 Å². The van der Waals surface area contributed by atoms with Crippen LogP contribution < -0.4 is 26.5 Å². The number of nitrogens with one attached hydrogen (secondary N) is 3. The second-order valence-electron chi connectivity index (χ2n) is 5.71. The van der Waals surface area contributed by atoms with Gasteiger partial charge in [-0.25, -0.2) is 4.98 Å². The number of benzene rings is 1. The number of pyridine rings is 1. The van der Waals surface area contributed by atoms with Gasteiger partial charge < -0.3 is 20.5 Å². The molecule has 6 heteroatoms. The van der Waals surface area contributed by atoms with Gasteiger partial charge in [-0.3, -0.25) is 4.98 Å². The van der Waals surface area contributed by atoms with Gasteiger partial charge in [0.2, 0.25) is 0 Å². The quantitative estimate of drug-likeness (QED) is 0.670. The monoisotopic (exact) mass is 318 g/mol. The average Bonchev–Trinajstić information content (AvgIpc) is 3.23. The molecule has 0 radical (unpaired) electrons. The zero-order valence-electron chi connectivity index (χ0n) is 13.6. The van der Waals surface area contributed by atoms with Gasteiger partial charge in [-0.2, -0.15) is 0 Å². The van der Waals surface area contributed by atoms with Crippen LogP contribution in [0.4, 0.5) is 17.1 Å². The molecule has 3 aromatic rings. The summed E-state index contributed by atoms with van der Waals surface area (Å²) in [5, 5.41) is 11.8. The van der Waals surface area contributed by atoms with Crippen LogP contribution in [0.15, 0.2) is 43.1 Å². The molecular formula is C18H18N6. The molecule has 120 valence electrons. The van der Waals surface area contributed by atoms with Gasteiger partial charge in [0.15, 0.2) is 0 Å². The highest BCUT2D eigenvalue weighted by atomic mass is 15.2. The zero-order chi connectivity index (χ0) is 16.7. The summed E-state index contributed by atoms with van der Waals surface area (Å²) < 4.78 is 1.99. The Morgan fingerprint density at radius 1 is 1.21 bits per heavy atom. The Morgan fingerprint density at radius 3 is 2.83 bits per heavy atom. The van der Waals surface area contributed by atoms with E-state index in [0.29, 0.717) is 0 Å². The van der Waals surface area contributed by atoms with Gasteiger partial charge in [-0.1, -0.05) is 6.58 Å². The lowest BCUT2D eigenvalue weighted by molar-refractivity contribution is 1.05. The smallest absolute Gasteiger partial charge is 0.119 e. The van der Waals surface area contributed by atoms with Crippen LogP contribution in [0.1, 0.15) is 5.56 Å². The number of hydrogen-bond acceptors (Lipinski definition) is 5. The van der Waals surface area contributed by atoms with E-state index in [-0.39, 0.29) is 0 Å². The Hall–Kier alpha value is -3.28. The fourth-order valence-electron chi connectivity index (χ4n) is 3.00. The first kappa shape index (κ1) is 14.3. The molecule has 6 nitrogen and oxygen atoms in total. The van der Waals surface area contributed by atoms with Gasteiger partial charge in [-0.05, 0) is 30.7 Å². The average molecular weight is 318 g/mol. The number of fused-ring (bicyclic) bond motifs is 1. The van der Waals surface area contributed by atoms with Crippen molar-refractivity contribution in [3.05, 3.63) is 59.2 Å². The van der Waals surface area contributed by atoms with Crippen molar-refractivity contribution in [2.45, 2.75) is 6.92 Å². The highest BCUT2D eigenvalue weighted by molar-refractivity contribution is 5.94. The van der Waals surface area contributed by atoms with Gasteiger partial charge in [0.05, 0.1) is 28.3 Å². The zero-order valence-corrected chi connectivity index (χ0v) is 13.6. The number of anilines is 3. The fourth-order valence-corrected chi connectivity index (χ4v) is 3.00. The summed E-state index contributed by atoms with van der Waals surface area (Å²) >= 11 is 0. The van der Waals surface area contributed by atoms with E-state index in [9.17, 15) is 0 Å². The molecule has 0 aliphatic carbocycles. The van der Waals surface area contributed by atoms with Crippen molar-refractivity contribution >= 4 is 29.5 Å². The molecule has 1 aliphatic rings. The molecule has 1 aliphatic heterocycles.